The Morgan fingerprint density at radius 1 is 1.26 bits per heavy atom. The fourth-order valence-corrected chi connectivity index (χ4v) is 4.32. The maximum Gasteiger partial charge on any atom is 0.417 e. The van der Waals surface area contributed by atoms with Crippen LogP contribution in [0.2, 0.25) is 0 Å². The van der Waals surface area contributed by atoms with Crippen molar-refractivity contribution in [2.24, 2.45) is 0 Å². The molecule has 31 heavy (non-hydrogen) atoms. The Morgan fingerprint density at radius 2 is 1.87 bits per heavy atom. The Morgan fingerprint density at radius 3 is 2.45 bits per heavy atom. The molecule has 0 saturated carbocycles. The Labute approximate surface area is 177 Å². The third-order valence-corrected chi connectivity index (χ3v) is 6.56. The fraction of sp³-hybridized carbons (Fsp3) is 0.556. The highest BCUT2D eigenvalue weighted by atomic mass is 32.2. The van der Waals surface area contributed by atoms with Crippen molar-refractivity contribution in [2.75, 3.05) is 38.2 Å². The summed E-state index contributed by atoms with van der Waals surface area (Å²) in [7, 11) is -3.83. The molecule has 0 radical (unpaired) electrons. The fourth-order valence-electron chi connectivity index (χ4n) is 2.66. The van der Waals surface area contributed by atoms with Gasteiger partial charge in [-0.15, -0.1) is 0 Å². The number of aliphatic hydroxyl groups is 1. The summed E-state index contributed by atoms with van der Waals surface area (Å²) < 4.78 is 74.3. The van der Waals surface area contributed by atoms with Gasteiger partial charge < -0.3 is 19.9 Å². The molecule has 1 unspecified atom stereocenters. The second-order valence-electron chi connectivity index (χ2n) is 7.15. The predicted molar refractivity (Wildman–Crippen MR) is 102 cm³/mol. The third kappa shape index (κ3) is 6.38. The number of halogens is 3. The van der Waals surface area contributed by atoms with E-state index in [0.717, 1.165) is 0 Å². The first-order valence-corrected chi connectivity index (χ1v) is 10.6. The molecular weight excluding hydrogens is 445 g/mol. The highest BCUT2D eigenvalue weighted by Crippen LogP contribution is 2.32. The normalized spacial score (nSPS) is 17.6. The van der Waals surface area contributed by atoms with Gasteiger partial charge >= 0.3 is 12.1 Å². The highest BCUT2D eigenvalue weighted by molar-refractivity contribution is 7.89. The second-order valence-corrected chi connectivity index (χ2v) is 9.06. The van der Waals surface area contributed by atoms with Crippen LogP contribution in [-0.4, -0.2) is 74.4 Å². The zero-order valence-electron chi connectivity index (χ0n) is 16.9. The van der Waals surface area contributed by atoms with Gasteiger partial charge in [0.2, 0.25) is 10.0 Å². The lowest BCUT2D eigenvalue weighted by atomic mass is 10.0. The van der Waals surface area contributed by atoms with E-state index in [0.29, 0.717) is 12.5 Å². The number of nitrogens with zero attached hydrogens (tertiary/aromatic N) is 1. The maximum atomic E-state index is 12.8. The number of rotatable bonds is 7. The molecule has 1 aliphatic heterocycles. The van der Waals surface area contributed by atoms with Gasteiger partial charge in [-0.2, -0.15) is 17.5 Å². The number of sulfonamides is 1. The van der Waals surface area contributed by atoms with Gasteiger partial charge in [0.1, 0.15) is 0 Å². The zero-order chi connectivity index (χ0) is 23.4. The lowest BCUT2D eigenvalue weighted by molar-refractivity contribution is -0.255. The lowest BCUT2D eigenvalue weighted by Gasteiger charge is -2.26. The van der Waals surface area contributed by atoms with E-state index in [4.69, 9.17) is 4.74 Å². The minimum atomic E-state index is -5.04. The molecule has 1 aliphatic rings. The summed E-state index contributed by atoms with van der Waals surface area (Å²) in [6.45, 7) is 2.01. The van der Waals surface area contributed by atoms with E-state index in [1.54, 1.807) is 6.92 Å². The van der Waals surface area contributed by atoms with E-state index in [1.807, 2.05) is 0 Å². The molecule has 1 aromatic carbocycles. The zero-order valence-corrected chi connectivity index (χ0v) is 17.7. The van der Waals surface area contributed by atoms with E-state index in [-0.39, 0.29) is 36.9 Å². The topological polar surface area (TPSA) is 122 Å². The summed E-state index contributed by atoms with van der Waals surface area (Å²) in [5.41, 5.74) is -2.74. The molecule has 1 amide bonds. The number of alkyl halides is 3. The SMILES string of the molecule is Cc1ccc(NC(=O)COC(=O)CC(C)(O)C(F)(F)F)cc1S(=O)(=O)N1CCOCC1. The number of benzene rings is 1. The van der Waals surface area contributed by atoms with E-state index in [2.05, 4.69) is 10.1 Å². The molecule has 1 saturated heterocycles. The predicted octanol–water partition coefficient (Wildman–Crippen LogP) is 1.20. The molecule has 1 fully saturated rings. The van der Waals surface area contributed by atoms with Crippen LogP contribution in [0, 0.1) is 6.92 Å². The van der Waals surface area contributed by atoms with E-state index < -0.39 is 46.7 Å². The largest absolute Gasteiger partial charge is 0.455 e. The van der Waals surface area contributed by atoms with Crippen LogP contribution < -0.4 is 5.32 Å². The standard InChI is InChI=1S/C18H23F3N2O7S/c1-12-3-4-13(9-14(12)31(27,28)23-5-7-29-8-6-23)22-15(24)11-30-16(25)10-17(2,26)18(19,20)21/h3-4,9,26H,5-8,10-11H2,1-2H3,(H,22,24). The van der Waals surface area contributed by atoms with Crippen LogP contribution in [0.3, 0.4) is 0 Å². The van der Waals surface area contributed by atoms with E-state index >= 15 is 0 Å². The first-order valence-electron chi connectivity index (χ1n) is 9.17. The molecule has 1 aromatic rings. The molecule has 9 nitrogen and oxygen atoms in total. The summed E-state index contributed by atoms with van der Waals surface area (Å²) in [5, 5.41) is 11.6. The monoisotopic (exact) mass is 468 g/mol. The summed E-state index contributed by atoms with van der Waals surface area (Å²) >= 11 is 0. The van der Waals surface area contributed by atoms with Crippen LogP contribution in [-0.2, 0) is 29.1 Å². The number of carbonyl (C=O) groups is 2. The maximum absolute atomic E-state index is 12.8. The summed E-state index contributed by atoms with van der Waals surface area (Å²) in [6.07, 6.45) is -6.42. The molecule has 0 spiro atoms. The molecule has 2 N–H and O–H groups in total. The Bertz CT molecular complexity index is 927. The molecule has 1 atom stereocenters. The van der Waals surface area contributed by atoms with Gasteiger partial charge in [-0.25, -0.2) is 8.42 Å². The number of aryl methyl sites for hydroxylation is 1. The Kier molecular flexibility index (Phi) is 7.68. The van der Waals surface area contributed by atoms with Crippen molar-refractivity contribution in [1.82, 2.24) is 4.31 Å². The van der Waals surface area contributed by atoms with Gasteiger partial charge in [-0.3, -0.25) is 9.59 Å². The van der Waals surface area contributed by atoms with Gasteiger partial charge in [0.15, 0.2) is 12.2 Å². The molecule has 0 aliphatic carbocycles. The minimum absolute atomic E-state index is 0.0228. The van der Waals surface area contributed by atoms with E-state index in [9.17, 15) is 36.3 Å². The van der Waals surface area contributed by atoms with Crippen LogP contribution in [0.1, 0.15) is 18.9 Å². The number of ether oxygens (including phenoxy) is 2. The number of esters is 1. The Balaban J connectivity index is 2.01. The van der Waals surface area contributed by atoms with Gasteiger partial charge in [0.05, 0.1) is 24.5 Å². The first-order chi connectivity index (χ1) is 14.2. The quantitative estimate of drug-likeness (QED) is 0.577. The van der Waals surface area contributed by atoms with E-state index in [1.165, 1.54) is 22.5 Å². The van der Waals surface area contributed by atoms with Crippen molar-refractivity contribution < 1.29 is 45.8 Å². The molecule has 1 heterocycles. The first kappa shape index (κ1) is 25.0. The van der Waals surface area contributed by atoms with Crippen LogP contribution in [0.4, 0.5) is 18.9 Å². The minimum Gasteiger partial charge on any atom is -0.455 e. The lowest BCUT2D eigenvalue weighted by Crippen LogP contribution is -2.44. The van der Waals surface area contributed by atoms with Gasteiger partial charge in [-0.1, -0.05) is 6.07 Å². The number of morpholine rings is 1. The number of hydrogen-bond donors (Lipinski definition) is 2. The third-order valence-electron chi connectivity index (χ3n) is 4.52. The summed E-state index contributed by atoms with van der Waals surface area (Å²) in [6, 6.07) is 4.16. The molecule has 0 bridgehead atoms. The summed E-state index contributed by atoms with van der Waals surface area (Å²) in [4.78, 5) is 23.5. The van der Waals surface area contributed by atoms with Gasteiger partial charge in [-0.05, 0) is 31.5 Å². The van der Waals surface area contributed by atoms with Gasteiger partial charge in [0.25, 0.3) is 5.91 Å². The van der Waals surface area contributed by atoms with Crippen molar-refractivity contribution in [1.29, 1.82) is 0 Å². The molecule has 0 aromatic heterocycles. The van der Waals surface area contributed by atoms with Crippen LogP contribution in [0.5, 0.6) is 0 Å². The number of hydrogen-bond acceptors (Lipinski definition) is 7. The molecule has 174 valence electrons. The summed E-state index contributed by atoms with van der Waals surface area (Å²) in [5.74, 6) is -2.31. The number of anilines is 1. The smallest absolute Gasteiger partial charge is 0.417 e. The van der Waals surface area contributed by atoms with Crippen molar-refractivity contribution in [3.05, 3.63) is 23.8 Å². The van der Waals surface area contributed by atoms with Crippen LogP contribution in [0.25, 0.3) is 0 Å². The average Bonchev–Trinajstić information content (AvgIpc) is 2.67. The molecular formula is C18H23F3N2O7S. The number of nitrogens with one attached hydrogen (secondary N) is 1. The van der Waals surface area contributed by atoms with Crippen molar-refractivity contribution in [2.45, 2.75) is 36.9 Å². The highest BCUT2D eigenvalue weighted by Gasteiger charge is 2.51. The van der Waals surface area contributed by atoms with Crippen molar-refractivity contribution in [3.8, 4) is 0 Å². The molecule has 2 rings (SSSR count). The van der Waals surface area contributed by atoms with Crippen LogP contribution >= 0.6 is 0 Å². The average molecular weight is 468 g/mol. The second kappa shape index (κ2) is 9.51. The molecule has 13 heteroatoms. The van der Waals surface area contributed by atoms with Crippen LogP contribution in [0.15, 0.2) is 23.1 Å². The number of carbonyl (C=O) groups excluding carboxylic acids is 2. The van der Waals surface area contributed by atoms with Crippen molar-refractivity contribution >= 4 is 27.6 Å². The van der Waals surface area contributed by atoms with Crippen molar-refractivity contribution in [3.63, 3.8) is 0 Å². The number of amides is 1. The van der Waals surface area contributed by atoms with Gasteiger partial charge in [0, 0.05) is 18.8 Å². The Hall–Kier alpha value is -2.22.